The fraction of sp³-hybridized carbons (Fsp3) is 0.471. The van der Waals surface area contributed by atoms with Gasteiger partial charge in [0.2, 0.25) is 0 Å². The van der Waals surface area contributed by atoms with Crippen molar-refractivity contribution in [2.45, 2.75) is 13.3 Å². The number of piperazine rings is 1. The number of nitrogens with zero attached hydrogens (tertiary/aromatic N) is 2. The molecule has 122 valence electrons. The molecular formula is C17H21N3O2S. The van der Waals surface area contributed by atoms with Crippen LogP contribution in [0.1, 0.15) is 11.1 Å². The maximum atomic E-state index is 12.5. The zero-order valence-corrected chi connectivity index (χ0v) is 14.3. The fourth-order valence-electron chi connectivity index (χ4n) is 3.38. The summed E-state index contributed by atoms with van der Waals surface area (Å²) in [6.45, 7) is 6.33. The lowest BCUT2D eigenvalue weighted by Crippen LogP contribution is -2.48. The number of thiophene rings is 1. The van der Waals surface area contributed by atoms with Crippen LogP contribution in [0.4, 0.5) is 10.5 Å². The highest BCUT2D eigenvalue weighted by Gasteiger charge is 2.24. The lowest BCUT2D eigenvalue weighted by Gasteiger charge is -2.31. The van der Waals surface area contributed by atoms with E-state index in [9.17, 15) is 4.79 Å². The minimum absolute atomic E-state index is 0.233. The molecule has 0 unspecified atom stereocenters. The third-order valence-corrected chi connectivity index (χ3v) is 5.86. The van der Waals surface area contributed by atoms with Gasteiger partial charge in [0.25, 0.3) is 0 Å². The van der Waals surface area contributed by atoms with E-state index in [4.69, 9.17) is 4.74 Å². The molecule has 5 nitrogen and oxygen atoms in total. The molecule has 0 atom stereocenters. The molecule has 1 amide bonds. The molecule has 3 heterocycles. The van der Waals surface area contributed by atoms with Gasteiger partial charge in [-0.25, -0.2) is 4.79 Å². The van der Waals surface area contributed by atoms with Crippen molar-refractivity contribution < 1.29 is 9.53 Å². The molecule has 0 saturated carbocycles. The van der Waals surface area contributed by atoms with Crippen LogP contribution in [0.3, 0.4) is 0 Å². The van der Waals surface area contributed by atoms with Gasteiger partial charge in [0.15, 0.2) is 5.75 Å². The van der Waals surface area contributed by atoms with Crippen molar-refractivity contribution >= 4 is 33.2 Å². The molecule has 1 aromatic carbocycles. The SMILES string of the molecule is Cc1csc2c(OC(=O)N3CCN(C)CC3)cc3c(c12)CCN3. The largest absolute Gasteiger partial charge is 0.415 e. The number of benzene rings is 1. The summed E-state index contributed by atoms with van der Waals surface area (Å²) >= 11 is 1.66. The van der Waals surface area contributed by atoms with E-state index in [1.165, 1.54) is 16.5 Å². The smallest absolute Gasteiger partial charge is 0.409 e. The third-order valence-electron chi connectivity index (χ3n) is 4.75. The number of hydrogen-bond acceptors (Lipinski definition) is 5. The first-order valence-corrected chi connectivity index (χ1v) is 8.94. The Labute approximate surface area is 139 Å². The monoisotopic (exact) mass is 331 g/mol. The van der Waals surface area contributed by atoms with Crippen molar-refractivity contribution in [3.63, 3.8) is 0 Å². The molecule has 23 heavy (non-hydrogen) atoms. The number of carbonyl (C=O) groups is 1. The van der Waals surface area contributed by atoms with E-state index in [2.05, 4.69) is 29.6 Å². The predicted octanol–water partition coefficient (Wildman–Crippen LogP) is 2.92. The van der Waals surface area contributed by atoms with Gasteiger partial charge in [-0.3, -0.25) is 0 Å². The average Bonchev–Trinajstić information content (AvgIpc) is 3.14. The summed E-state index contributed by atoms with van der Waals surface area (Å²) in [6, 6.07) is 1.99. The molecule has 1 saturated heterocycles. The molecule has 0 aliphatic carbocycles. The van der Waals surface area contributed by atoms with Crippen molar-refractivity contribution in [3.8, 4) is 5.75 Å². The summed E-state index contributed by atoms with van der Waals surface area (Å²) in [5, 5.41) is 6.81. The summed E-state index contributed by atoms with van der Waals surface area (Å²) in [5.41, 5.74) is 3.74. The Morgan fingerprint density at radius 1 is 1.30 bits per heavy atom. The number of carbonyl (C=O) groups excluding carboxylic acids is 1. The first-order chi connectivity index (χ1) is 11.1. The molecule has 0 bridgehead atoms. The van der Waals surface area contributed by atoms with E-state index in [1.807, 2.05) is 6.07 Å². The van der Waals surface area contributed by atoms with Gasteiger partial charge in [-0.05, 0) is 36.9 Å². The number of fused-ring (bicyclic) bond motifs is 3. The van der Waals surface area contributed by atoms with Gasteiger partial charge in [0, 0.05) is 49.9 Å². The maximum absolute atomic E-state index is 12.5. The highest BCUT2D eigenvalue weighted by atomic mass is 32.1. The van der Waals surface area contributed by atoms with Crippen LogP contribution in [-0.2, 0) is 6.42 Å². The van der Waals surface area contributed by atoms with Crippen LogP contribution >= 0.6 is 11.3 Å². The standard InChI is InChI=1S/C17H21N3O2S/c1-11-10-23-16-14(9-13-12(15(11)16)3-4-18-13)22-17(21)20-7-5-19(2)6-8-20/h9-10,18H,3-8H2,1-2H3. The Morgan fingerprint density at radius 3 is 2.87 bits per heavy atom. The molecule has 0 spiro atoms. The number of likely N-dealkylation sites (N-methyl/N-ethyl adjacent to an activating group) is 1. The Balaban J connectivity index is 1.64. The number of aryl methyl sites for hydroxylation is 1. The molecule has 4 rings (SSSR count). The highest BCUT2D eigenvalue weighted by molar-refractivity contribution is 7.17. The zero-order valence-electron chi connectivity index (χ0n) is 13.5. The van der Waals surface area contributed by atoms with Crippen LogP contribution in [0, 0.1) is 6.92 Å². The normalized spacial score (nSPS) is 18.1. The second-order valence-corrected chi connectivity index (χ2v) is 7.24. The van der Waals surface area contributed by atoms with Crippen LogP contribution in [-0.4, -0.2) is 55.7 Å². The zero-order chi connectivity index (χ0) is 16.0. The van der Waals surface area contributed by atoms with E-state index in [-0.39, 0.29) is 6.09 Å². The number of hydrogen-bond donors (Lipinski definition) is 1. The second kappa shape index (κ2) is 5.69. The molecule has 1 N–H and O–H groups in total. The van der Waals surface area contributed by atoms with Gasteiger partial charge in [0.1, 0.15) is 0 Å². The summed E-state index contributed by atoms with van der Waals surface area (Å²) in [7, 11) is 2.08. The number of anilines is 1. The fourth-order valence-corrected chi connectivity index (χ4v) is 4.41. The van der Waals surface area contributed by atoms with E-state index in [1.54, 1.807) is 16.2 Å². The Hall–Kier alpha value is -1.79. The highest BCUT2D eigenvalue weighted by Crippen LogP contribution is 2.42. The Kier molecular flexibility index (Phi) is 3.66. The lowest BCUT2D eigenvalue weighted by atomic mass is 10.0. The van der Waals surface area contributed by atoms with Crippen LogP contribution < -0.4 is 10.1 Å². The van der Waals surface area contributed by atoms with Crippen LogP contribution in [0.5, 0.6) is 5.75 Å². The molecule has 0 radical (unpaired) electrons. The first kappa shape index (κ1) is 14.8. The van der Waals surface area contributed by atoms with Crippen molar-refractivity contribution in [1.29, 1.82) is 0 Å². The summed E-state index contributed by atoms with van der Waals surface area (Å²) in [6.07, 6.45) is 0.805. The van der Waals surface area contributed by atoms with E-state index >= 15 is 0 Å². The molecule has 2 aromatic rings. The maximum Gasteiger partial charge on any atom is 0.415 e. The molecule has 6 heteroatoms. The van der Waals surface area contributed by atoms with Crippen molar-refractivity contribution in [2.24, 2.45) is 0 Å². The Bertz CT molecular complexity index is 763. The third kappa shape index (κ3) is 2.56. The number of nitrogens with one attached hydrogen (secondary N) is 1. The summed E-state index contributed by atoms with van der Waals surface area (Å²) in [4.78, 5) is 16.5. The van der Waals surface area contributed by atoms with Gasteiger partial charge in [-0.1, -0.05) is 0 Å². The van der Waals surface area contributed by atoms with Gasteiger partial charge in [0.05, 0.1) is 4.70 Å². The van der Waals surface area contributed by atoms with E-state index in [0.29, 0.717) is 5.75 Å². The Morgan fingerprint density at radius 2 is 2.09 bits per heavy atom. The van der Waals surface area contributed by atoms with Gasteiger partial charge in [-0.2, -0.15) is 0 Å². The van der Waals surface area contributed by atoms with E-state index in [0.717, 1.165) is 49.5 Å². The predicted molar refractivity (Wildman–Crippen MR) is 93.8 cm³/mol. The minimum Gasteiger partial charge on any atom is -0.409 e. The summed E-state index contributed by atoms with van der Waals surface area (Å²) in [5.74, 6) is 0.690. The number of ether oxygens (including phenoxy) is 1. The first-order valence-electron chi connectivity index (χ1n) is 8.06. The molecular weight excluding hydrogens is 310 g/mol. The molecule has 2 aliphatic rings. The minimum atomic E-state index is -0.233. The van der Waals surface area contributed by atoms with Crippen molar-refractivity contribution in [3.05, 3.63) is 22.6 Å². The second-order valence-electron chi connectivity index (χ2n) is 6.36. The topological polar surface area (TPSA) is 44.8 Å². The number of rotatable bonds is 1. The lowest BCUT2D eigenvalue weighted by molar-refractivity contribution is 0.121. The molecule has 1 aromatic heterocycles. The van der Waals surface area contributed by atoms with Crippen LogP contribution in [0.25, 0.3) is 10.1 Å². The average molecular weight is 331 g/mol. The quantitative estimate of drug-likeness (QED) is 0.873. The van der Waals surface area contributed by atoms with Gasteiger partial charge >= 0.3 is 6.09 Å². The van der Waals surface area contributed by atoms with Gasteiger partial charge < -0.3 is 19.9 Å². The van der Waals surface area contributed by atoms with Crippen LogP contribution in [0.2, 0.25) is 0 Å². The molecule has 2 aliphatic heterocycles. The van der Waals surface area contributed by atoms with E-state index < -0.39 is 0 Å². The van der Waals surface area contributed by atoms with Crippen LogP contribution in [0.15, 0.2) is 11.4 Å². The summed E-state index contributed by atoms with van der Waals surface area (Å²) < 4.78 is 6.87. The van der Waals surface area contributed by atoms with Gasteiger partial charge in [-0.15, -0.1) is 11.3 Å². The van der Waals surface area contributed by atoms with Crippen molar-refractivity contribution in [2.75, 3.05) is 45.1 Å². The number of amides is 1. The molecule has 1 fully saturated rings. The van der Waals surface area contributed by atoms with Crippen molar-refractivity contribution in [1.82, 2.24) is 9.80 Å².